The lowest BCUT2D eigenvalue weighted by molar-refractivity contribution is -0.145. The zero-order valence-electron chi connectivity index (χ0n) is 19.6. The molecule has 4 nitrogen and oxygen atoms in total. The minimum Gasteiger partial charge on any atom is -0.480 e. The maximum atomic E-state index is 12.2. The second-order valence-electron chi connectivity index (χ2n) is 8.97. The molecule has 0 saturated carbocycles. The Kier molecular flexibility index (Phi) is 6.92. The Morgan fingerprint density at radius 2 is 1.40 bits per heavy atom. The van der Waals surface area contributed by atoms with Crippen molar-refractivity contribution in [3.05, 3.63) is 120 Å². The maximum Gasteiger partial charge on any atom is 0.320 e. The van der Waals surface area contributed by atoms with Crippen LogP contribution in [0.4, 0.5) is 0 Å². The van der Waals surface area contributed by atoms with Crippen LogP contribution in [0.1, 0.15) is 36.4 Å². The Morgan fingerprint density at radius 1 is 0.743 bits per heavy atom. The smallest absolute Gasteiger partial charge is 0.320 e. The molecule has 1 aliphatic rings. The second-order valence-corrected chi connectivity index (χ2v) is 8.97. The fourth-order valence-corrected chi connectivity index (χ4v) is 4.96. The van der Waals surface area contributed by atoms with Gasteiger partial charge in [0.25, 0.3) is 0 Å². The van der Waals surface area contributed by atoms with Crippen molar-refractivity contribution in [1.29, 1.82) is 0 Å². The lowest BCUT2D eigenvalue weighted by Gasteiger charge is -2.39. The molecule has 4 aromatic carbocycles. The summed E-state index contributed by atoms with van der Waals surface area (Å²) in [6, 6.07) is 35.9. The van der Waals surface area contributed by atoms with Crippen LogP contribution in [-0.4, -0.2) is 28.6 Å². The molecule has 2 unspecified atom stereocenters. The lowest BCUT2D eigenvalue weighted by Crippen LogP contribution is -2.46. The number of rotatable bonds is 7. The summed E-state index contributed by atoms with van der Waals surface area (Å²) in [4.78, 5) is 14.4. The first kappa shape index (κ1) is 22.9. The van der Waals surface area contributed by atoms with Gasteiger partial charge in [0.15, 0.2) is 0 Å². The third-order valence-electron chi connectivity index (χ3n) is 6.65. The molecule has 176 valence electrons. The van der Waals surface area contributed by atoms with Gasteiger partial charge < -0.3 is 9.84 Å². The van der Waals surface area contributed by atoms with Gasteiger partial charge in [0.05, 0.1) is 6.04 Å². The Hall–Kier alpha value is -3.89. The predicted molar refractivity (Wildman–Crippen MR) is 139 cm³/mol. The molecule has 2 atom stereocenters. The highest BCUT2D eigenvalue weighted by molar-refractivity contribution is 5.74. The van der Waals surface area contributed by atoms with Crippen molar-refractivity contribution >= 4 is 5.97 Å². The van der Waals surface area contributed by atoms with Gasteiger partial charge in [-0.25, -0.2) is 0 Å². The fourth-order valence-electron chi connectivity index (χ4n) is 4.96. The topological polar surface area (TPSA) is 49.8 Å². The van der Waals surface area contributed by atoms with E-state index in [4.69, 9.17) is 4.74 Å². The standard InChI is InChI=1S/C31H29NO3/c33-31(34)29-16-7-8-21-32(29)30(25-19-17-24(18-20-25)23-10-3-1-4-11-23)26-12-9-15-28(22-26)35-27-13-5-2-6-14-27/h1-6,9-15,17-20,22,29-30H,7-8,16,21H2,(H,33,34). The lowest BCUT2D eigenvalue weighted by atomic mass is 9.90. The minimum atomic E-state index is -0.757. The fraction of sp³-hybridized carbons (Fsp3) is 0.194. The van der Waals surface area contributed by atoms with E-state index in [2.05, 4.69) is 47.4 Å². The van der Waals surface area contributed by atoms with Crippen LogP contribution in [0.2, 0.25) is 0 Å². The van der Waals surface area contributed by atoms with Gasteiger partial charge in [-0.05, 0) is 65.9 Å². The summed E-state index contributed by atoms with van der Waals surface area (Å²) in [5.74, 6) is 0.755. The summed E-state index contributed by atoms with van der Waals surface area (Å²) >= 11 is 0. The first-order chi connectivity index (χ1) is 17.2. The third-order valence-corrected chi connectivity index (χ3v) is 6.65. The zero-order chi connectivity index (χ0) is 24.0. The number of likely N-dealkylation sites (tertiary alicyclic amines) is 1. The minimum absolute atomic E-state index is 0.180. The molecule has 1 fully saturated rings. The van der Waals surface area contributed by atoms with E-state index in [1.165, 1.54) is 0 Å². The van der Waals surface area contributed by atoms with E-state index in [9.17, 15) is 9.90 Å². The van der Waals surface area contributed by atoms with Crippen LogP contribution in [0.3, 0.4) is 0 Å². The van der Waals surface area contributed by atoms with Gasteiger partial charge >= 0.3 is 5.97 Å². The largest absolute Gasteiger partial charge is 0.480 e. The molecule has 0 radical (unpaired) electrons. The molecule has 0 bridgehead atoms. The molecule has 1 heterocycles. The Balaban J connectivity index is 1.53. The molecule has 1 aliphatic heterocycles. The van der Waals surface area contributed by atoms with E-state index < -0.39 is 12.0 Å². The highest BCUT2D eigenvalue weighted by atomic mass is 16.5. The van der Waals surface area contributed by atoms with E-state index in [-0.39, 0.29) is 6.04 Å². The summed E-state index contributed by atoms with van der Waals surface area (Å²) in [6.07, 6.45) is 2.58. The van der Waals surface area contributed by atoms with Crippen molar-refractivity contribution in [2.45, 2.75) is 31.3 Å². The van der Waals surface area contributed by atoms with Crippen molar-refractivity contribution < 1.29 is 14.6 Å². The van der Waals surface area contributed by atoms with E-state index in [1.54, 1.807) is 0 Å². The first-order valence-corrected chi connectivity index (χ1v) is 12.2. The number of ether oxygens (including phenoxy) is 1. The van der Waals surface area contributed by atoms with Gasteiger partial charge in [-0.1, -0.05) is 91.3 Å². The van der Waals surface area contributed by atoms with Gasteiger partial charge in [0.1, 0.15) is 17.5 Å². The number of hydrogen-bond donors (Lipinski definition) is 1. The van der Waals surface area contributed by atoms with Gasteiger partial charge in [-0.2, -0.15) is 0 Å². The number of carboxylic acids is 1. The first-order valence-electron chi connectivity index (χ1n) is 12.2. The number of para-hydroxylation sites is 1. The summed E-state index contributed by atoms with van der Waals surface area (Å²) in [5.41, 5.74) is 4.41. The van der Waals surface area contributed by atoms with Crippen LogP contribution >= 0.6 is 0 Å². The highest BCUT2D eigenvalue weighted by Crippen LogP contribution is 2.37. The quantitative estimate of drug-likeness (QED) is 0.315. The number of benzene rings is 4. The average molecular weight is 464 g/mol. The molecule has 0 aromatic heterocycles. The molecule has 1 saturated heterocycles. The SMILES string of the molecule is O=C(O)C1CCCCN1C(c1ccc(-c2ccccc2)cc1)c1cccc(Oc2ccccc2)c1. The van der Waals surface area contributed by atoms with Crippen molar-refractivity contribution in [2.24, 2.45) is 0 Å². The van der Waals surface area contributed by atoms with Gasteiger partial charge in [-0.3, -0.25) is 9.69 Å². The molecule has 0 amide bonds. The van der Waals surface area contributed by atoms with Crippen LogP contribution in [0.25, 0.3) is 11.1 Å². The molecule has 1 N–H and O–H groups in total. The monoisotopic (exact) mass is 463 g/mol. The molecule has 0 spiro atoms. The van der Waals surface area contributed by atoms with E-state index in [0.29, 0.717) is 6.42 Å². The van der Waals surface area contributed by atoms with Gasteiger partial charge in [0.2, 0.25) is 0 Å². The predicted octanol–water partition coefficient (Wildman–Crippen LogP) is 7.17. The van der Waals surface area contributed by atoms with Crippen molar-refractivity contribution in [1.82, 2.24) is 4.90 Å². The number of aliphatic carboxylic acids is 1. The average Bonchev–Trinajstić information content (AvgIpc) is 2.91. The molecule has 4 heteroatoms. The molecule has 5 rings (SSSR count). The van der Waals surface area contributed by atoms with Crippen LogP contribution in [-0.2, 0) is 4.79 Å². The van der Waals surface area contributed by atoms with Gasteiger partial charge in [0, 0.05) is 0 Å². The van der Waals surface area contributed by atoms with Crippen LogP contribution < -0.4 is 4.74 Å². The number of nitrogens with zero attached hydrogens (tertiary/aromatic N) is 1. The molecule has 0 aliphatic carbocycles. The van der Waals surface area contributed by atoms with Crippen molar-refractivity contribution in [3.63, 3.8) is 0 Å². The highest BCUT2D eigenvalue weighted by Gasteiger charge is 2.35. The van der Waals surface area contributed by atoms with E-state index in [1.807, 2.05) is 66.7 Å². The molecular formula is C31H29NO3. The molecule has 4 aromatic rings. The van der Waals surface area contributed by atoms with E-state index >= 15 is 0 Å². The Bertz CT molecular complexity index is 1260. The number of hydrogen-bond acceptors (Lipinski definition) is 3. The van der Waals surface area contributed by atoms with Crippen molar-refractivity contribution in [3.8, 4) is 22.6 Å². The van der Waals surface area contributed by atoms with Crippen LogP contribution in [0.15, 0.2) is 109 Å². The molecular weight excluding hydrogens is 434 g/mol. The summed E-state index contributed by atoms with van der Waals surface area (Å²) in [7, 11) is 0. The third kappa shape index (κ3) is 5.28. The normalized spacial score (nSPS) is 17.0. The van der Waals surface area contributed by atoms with E-state index in [0.717, 1.165) is 53.1 Å². The summed E-state index contributed by atoms with van der Waals surface area (Å²) in [6.45, 7) is 0.742. The Labute approximate surface area is 206 Å². The summed E-state index contributed by atoms with van der Waals surface area (Å²) in [5, 5.41) is 10.0. The number of piperidine rings is 1. The number of carbonyl (C=O) groups is 1. The second kappa shape index (κ2) is 10.6. The Morgan fingerprint density at radius 3 is 2.11 bits per heavy atom. The number of carboxylic acid groups (broad SMARTS) is 1. The molecule has 35 heavy (non-hydrogen) atoms. The van der Waals surface area contributed by atoms with Crippen LogP contribution in [0, 0.1) is 0 Å². The zero-order valence-corrected chi connectivity index (χ0v) is 19.6. The van der Waals surface area contributed by atoms with Crippen molar-refractivity contribution in [2.75, 3.05) is 6.54 Å². The summed E-state index contributed by atoms with van der Waals surface area (Å²) < 4.78 is 6.11. The van der Waals surface area contributed by atoms with Crippen LogP contribution in [0.5, 0.6) is 11.5 Å². The van der Waals surface area contributed by atoms with Gasteiger partial charge in [-0.15, -0.1) is 0 Å². The maximum absolute atomic E-state index is 12.2.